The predicted molar refractivity (Wildman–Crippen MR) is 49.5 cm³/mol. The Morgan fingerprint density at radius 1 is 1.36 bits per heavy atom. The molecular formula is C10H17N. The van der Waals surface area contributed by atoms with Gasteiger partial charge in [-0.25, -0.2) is 0 Å². The van der Waals surface area contributed by atoms with E-state index in [1.54, 1.807) is 0 Å². The highest BCUT2D eigenvalue weighted by atomic mass is 14.9. The summed E-state index contributed by atoms with van der Waals surface area (Å²) in [7, 11) is 0. The highest BCUT2D eigenvalue weighted by Crippen LogP contribution is 2.22. The molecule has 1 unspecified atom stereocenters. The highest BCUT2D eigenvalue weighted by molar-refractivity contribution is 5.35. The second-order valence-corrected chi connectivity index (χ2v) is 3.09. The first-order valence-corrected chi connectivity index (χ1v) is 4.32. The van der Waals surface area contributed by atoms with E-state index in [-0.39, 0.29) is 0 Å². The highest BCUT2D eigenvalue weighted by Gasteiger charge is 2.16. The van der Waals surface area contributed by atoms with Crippen molar-refractivity contribution in [1.82, 2.24) is 5.32 Å². The molecule has 1 saturated heterocycles. The van der Waals surface area contributed by atoms with Gasteiger partial charge in [0, 0.05) is 13.1 Å². The lowest BCUT2D eigenvalue weighted by atomic mass is 9.90. The zero-order valence-electron chi connectivity index (χ0n) is 7.65. The largest absolute Gasteiger partial charge is 0.312 e. The maximum atomic E-state index is 3.39. The second kappa shape index (κ2) is 3.72. The lowest BCUT2D eigenvalue weighted by Crippen LogP contribution is -2.31. The third kappa shape index (κ3) is 1.72. The van der Waals surface area contributed by atoms with Crippen molar-refractivity contribution < 1.29 is 0 Å². The van der Waals surface area contributed by atoms with Gasteiger partial charge in [0.25, 0.3) is 0 Å². The summed E-state index contributed by atoms with van der Waals surface area (Å²) in [6.45, 7) is 8.67. The van der Waals surface area contributed by atoms with E-state index in [4.69, 9.17) is 0 Å². The van der Waals surface area contributed by atoms with Crippen molar-refractivity contribution in [3.8, 4) is 0 Å². The van der Waals surface area contributed by atoms with Crippen molar-refractivity contribution in [2.75, 3.05) is 13.1 Å². The average molecular weight is 151 g/mol. The number of hydrogen-bond acceptors (Lipinski definition) is 1. The molecule has 62 valence electrons. The fourth-order valence-corrected chi connectivity index (χ4v) is 1.69. The van der Waals surface area contributed by atoms with Crippen molar-refractivity contribution >= 4 is 0 Å². The Morgan fingerprint density at radius 3 is 2.55 bits per heavy atom. The molecule has 0 radical (unpaired) electrons. The summed E-state index contributed by atoms with van der Waals surface area (Å²) < 4.78 is 0. The van der Waals surface area contributed by atoms with Crippen molar-refractivity contribution in [3.63, 3.8) is 0 Å². The first-order valence-electron chi connectivity index (χ1n) is 4.32. The van der Waals surface area contributed by atoms with Gasteiger partial charge in [0.15, 0.2) is 0 Å². The molecule has 1 heterocycles. The van der Waals surface area contributed by atoms with Crippen LogP contribution in [0.2, 0.25) is 0 Å². The minimum Gasteiger partial charge on any atom is -0.312 e. The minimum atomic E-state index is 0.681. The summed E-state index contributed by atoms with van der Waals surface area (Å²) in [6.07, 6.45) is 4.44. The van der Waals surface area contributed by atoms with E-state index < -0.39 is 0 Å². The van der Waals surface area contributed by atoms with Crippen LogP contribution in [-0.4, -0.2) is 13.1 Å². The molecule has 1 aliphatic heterocycles. The van der Waals surface area contributed by atoms with Crippen molar-refractivity contribution in [2.24, 2.45) is 5.92 Å². The molecule has 1 rings (SSSR count). The van der Waals surface area contributed by atoms with Crippen molar-refractivity contribution in [3.05, 3.63) is 23.3 Å². The molecule has 0 bridgehead atoms. The fourth-order valence-electron chi connectivity index (χ4n) is 1.69. The van der Waals surface area contributed by atoms with Gasteiger partial charge in [-0.2, -0.15) is 0 Å². The van der Waals surface area contributed by atoms with E-state index in [1.165, 1.54) is 11.1 Å². The third-order valence-electron chi connectivity index (χ3n) is 2.33. The summed E-state index contributed by atoms with van der Waals surface area (Å²) >= 11 is 0. The smallest absolute Gasteiger partial charge is 0.0205 e. The van der Waals surface area contributed by atoms with Gasteiger partial charge < -0.3 is 5.32 Å². The first-order chi connectivity index (χ1) is 5.29. The molecule has 0 aromatic rings. The van der Waals surface area contributed by atoms with Gasteiger partial charge in [-0.3, -0.25) is 0 Å². The zero-order chi connectivity index (χ0) is 8.27. The summed E-state index contributed by atoms with van der Waals surface area (Å²) in [5.74, 6) is 0.681. The fraction of sp³-hybridized carbons (Fsp3) is 0.600. The van der Waals surface area contributed by atoms with Crippen LogP contribution in [0.1, 0.15) is 20.8 Å². The summed E-state index contributed by atoms with van der Waals surface area (Å²) in [5.41, 5.74) is 2.98. The predicted octanol–water partition coefficient (Wildman–Crippen LogP) is 2.12. The van der Waals surface area contributed by atoms with E-state index in [0.29, 0.717) is 5.92 Å². The average Bonchev–Trinajstić information content (AvgIpc) is 2.04. The number of piperidine rings is 1. The minimum absolute atomic E-state index is 0.681. The monoisotopic (exact) mass is 151 g/mol. The maximum Gasteiger partial charge on any atom is 0.0205 e. The molecule has 0 spiro atoms. The zero-order valence-corrected chi connectivity index (χ0v) is 7.65. The molecular weight excluding hydrogens is 134 g/mol. The van der Waals surface area contributed by atoms with Crippen LogP contribution in [-0.2, 0) is 0 Å². The van der Waals surface area contributed by atoms with E-state index in [2.05, 4.69) is 38.2 Å². The van der Waals surface area contributed by atoms with Crippen LogP contribution >= 0.6 is 0 Å². The Kier molecular flexibility index (Phi) is 2.89. The lowest BCUT2D eigenvalue weighted by Gasteiger charge is -2.25. The van der Waals surface area contributed by atoms with E-state index >= 15 is 0 Å². The van der Waals surface area contributed by atoms with Crippen LogP contribution in [0.5, 0.6) is 0 Å². The molecule has 1 fully saturated rings. The molecule has 1 heteroatoms. The van der Waals surface area contributed by atoms with Crippen LogP contribution in [0, 0.1) is 5.92 Å². The SMILES string of the molecule is C/C=C1\C(=C/C)CNCC1C. The summed E-state index contributed by atoms with van der Waals surface area (Å²) in [4.78, 5) is 0. The molecule has 0 saturated carbocycles. The molecule has 1 atom stereocenters. The molecule has 11 heavy (non-hydrogen) atoms. The molecule has 1 nitrogen and oxygen atoms in total. The summed E-state index contributed by atoms with van der Waals surface area (Å²) in [5, 5.41) is 3.39. The molecule has 0 amide bonds. The van der Waals surface area contributed by atoms with Gasteiger partial charge in [0.05, 0.1) is 0 Å². The quantitative estimate of drug-likeness (QED) is 0.559. The number of hydrogen-bond donors (Lipinski definition) is 1. The first kappa shape index (κ1) is 8.54. The Morgan fingerprint density at radius 2 is 2.09 bits per heavy atom. The van der Waals surface area contributed by atoms with Crippen molar-refractivity contribution in [2.45, 2.75) is 20.8 Å². The van der Waals surface area contributed by atoms with Gasteiger partial charge in [-0.1, -0.05) is 19.1 Å². The van der Waals surface area contributed by atoms with Gasteiger partial charge in [0.2, 0.25) is 0 Å². The Hall–Kier alpha value is -0.560. The van der Waals surface area contributed by atoms with Gasteiger partial charge in [-0.15, -0.1) is 0 Å². The van der Waals surface area contributed by atoms with Crippen LogP contribution in [0.25, 0.3) is 0 Å². The Balaban J connectivity index is 2.81. The Labute approximate surface area is 69.2 Å². The van der Waals surface area contributed by atoms with Gasteiger partial charge in [0.1, 0.15) is 0 Å². The molecule has 0 aliphatic carbocycles. The van der Waals surface area contributed by atoms with E-state index in [1.807, 2.05) is 0 Å². The van der Waals surface area contributed by atoms with Crippen LogP contribution in [0.3, 0.4) is 0 Å². The van der Waals surface area contributed by atoms with Crippen LogP contribution < -0.4 is 5.32 Å². The lowest BCUT2D eigenvalue weighted by molar-refractivity contribution is 0.554. The number of allylic oxidation sites excluding steroid dienone is 2. The Bertz CT molecular complexity index is 189. The van der Waals surface area contributed by atoms with E-state index in [9.17, 15) is 0 Å². The van der Waals surface area contributed by atoms with Crippen LogP contribution in [0.15, 0.2) is 23.3 Å². The summed E-state index contributed by atoms with van der Waals surface area (Å²) in [6, 6.07) is 0. The van der Waals surface area contributed by atoms with Crippen molar-refractivity contribution in [1.29, 1.82) is 0 Å². The maximum absolute atomic E-state index is 3.39. The molecule has 0 aromatic carbocycles. The topological polar surface area (TPSA) is 12.0 Å². The standard InChI is InChI=1S/C10H17N/c1-4-9-7-11-6-8(3)10(9)5-2/h4-5,8,11H,6-7H2,1-3H3/b9-4-,10-5-. The second-order valence-electron chi connectivity index (χ2n) is 3.09. The van der Waals surface area contributed by atoms with E-state index in [0.717, 1.165) is 13.1 Å². The van der Waals surface area contributed by atoms with Gasteiger partial charge >= 0.3 is 0 Å². The van der Waals surface area contributed by atoms with Gasteiger partial charge in [-0.05, 0) is 30.9 Å². The number of rotatable bonds is 0. The molecule has 1 N–H and O–H groups in total. The van der Waals surface area contributed by atoms with Crippen LogP contribution in [0.4, 0.5) is 0 Å². The normalized spacial score (nSPS) is 33.2. The number of nitrogens with one attached hydrogen (secondary N) is 1. The molecule has 1 aliphatic rings. The third-order valence-corrected chi connectivity index (χ3v) is 2.33. The molecule has 0 aromatic heterocycles.